The highest BCUT2D eigenvalue weighted by atomic mass is 79.9. The van der Waals surface area contributed by atoms with Crippen molar-refractivity contribution in [1.82, 2.24) is 0 Å². The first-order valence-electron chi connectivity index (χ1n) is 5.96. The van der Waals surface area contributed by atoms with E-state index in [1.54, 1.807) is 0 Å². The zero-order chi connectivity index (χ0) is 11.8. The van der Waals surface area contributed by atoms with Crippen molar-refractivity contribution >= 4 is 15.9 Å². The summed E-state index contributed by atoms with van der Waals surface area (Å²) >= 11 is 3.43. The average molecular weight is 299 g/mol. The molecule has 1 aromatic rings. The predicted octanol–water partition coefficient (Wildman–Crippen LogP) is 2.67. The molecule has 1 fully saturated rings. The van der Waals surface area contributed by atoms with Gasteiger partial charge in [-0.05, 0) is 18.6 Å². The molecule has 0 bridgehead atoms. The molecule has 0 saturated carbocycles. The maximum atomic E-state index is 10.1. The Labute approximate surface area is 109 Å². The van der Waals surface area contributed by atoms with Crippen LogP contribution in [0.4, 0.5) is 0 Å². The van der Waals surface area contributed by atoms with E-state index in [4.69, 9.17) is 9.47 Å². The van der Waals surface area contributed by atoms with Gasteiger partial charge < -0.3 is 14.6 Å². The fourth-order valence-electron chi connectivity index (χ4n) is 2.58. The van der Waals surface area contributed by atoms with Crippen LogP contribution in [0, 0.1) is 5.92 Å². The van der Waals surface area contributed by atoms with Crippen LogP contribution in [0.3, 0.4) is 0 Å². The van der Waals surface area contributed by atoms with Gasteiger partial charge in [0.25, 0.3) is 0 Å². The molecule has 3 atom stereocenters. The lowest BCUT2D eigenvalue weighted by atomic mass is 9.91. The molecular weight excluding hydrogens is 284 g/mol. The summed E-state index contributed by atoms with van der Waals surface area (Å²) in [6.45, 7) is 1.56. The van der Waals surface area contributed by atoms with Crippen molar-refractivity contribution in [2.45, 2.75) is 25.0 Å². The number of halogens is 1. The SMILES string of the molecule is OC1CC(C2CCOC2)Oc2cc(Br)ccc21. The van der Waals surface area contributed by atoms with Crippen LogP contribution >= 0.6 is 15.9 Å². The van der Waals surface area contributed by atoms with Gasteiger partial charge in [-0.1, -0.05) is 22.0 Å². The largest absolute Gasteiger partial charge is 0.490 e. The van der Waals surface area contributed by atoms with E-state index in [9.17, 15) is 5.11 Å². The van der Waals surface area contributed by atoms with Gasteiger partial charge in [0.2, 0.25) is 0 Å². The van der Waals surface area contributed by atoms with Gasteiger partial charge in [0.15, 0.2) is 0 Å². The van der Waals surface area contributed by atoms with Gasteiger partial charge >= 0.3 is 0 Å². The summed E-state index contributed by atoms with van der Waals surface area (Å²) in [6.07, 6.45) is 1.36. The van der Waals surface area contributed by atoms with Gasteiger partial charge in [0, 0.05) is 29.0 Å². The topological polar surface area (TPSA) is 38.7 Å². The van der Waals surface area contributed by atoms with Crippen LogP contribution in [0.25, 0.3) is 0 Å². The summed E-state index contributed by atoms with van der Waals surface area (Å²) in [5.74, 6) is 1.21. The molecule has 4 heteroatoms. The first-order valence-corrected chi connectivity index (χ1v) is 6.75. The zero-order valence-electron chi connectivity index (χ0n) is 9.43. The molecule has 0 spiro atoms. The van der Waals surface area contributed by atoms with Crippen LogP contribution in [-0.2, 0) is 4.74 Å². The summed E-state index contributed by atoms with van der Waals surface area (Å²) in [5, 5.41) is 10.1. The minimum Gasteiger partial charge on any atom is -0.490 e. The maximum Gasteiger partial charge on any atom is 0.126 e. The summed E-state index contributed by atoms with van der Waals surface area (Å²) in [6, 6.07) is 5.79. The van der Waals surface area contributed by atoms with Crippen molar-refractivity contribution in [3.63, 3.8) is 0 Å². The van der Waals surface area contributed by atoms with Crippen LogP contribution in [-0.4, -0.2) is 24.4 Å². The summed E-state index contributed by atoms with van der Waals surface area (Å²) in [5.41, 5.74) is 0.892. The Balaban J connectivity index is 1.85. The van der Waals surface area contributed by atoms with Crippen molar-refractivity contribution < 1.29 is 14.6 Å². The van der Waals surface area contributed by atoms with Crippen LogP contribution < -0.4 is 4.74 Å². The Morgan fingerprint density at radius 1 is 1.35 bits per heavy atom. The van der Waals surface area contributed by atoms with Crippen LogP contribution in [0.1, 0.15) is 24.5 Å². The molecule has 0 aromatic heterocycles. The zero-order valence-corrected chi connectivity index (χ0v) is 11.0. The molecule has 2 aliphatic rings. The molecular formula is C13H15BrO3. The van der Waals surface area contributed by atoms with Gasteiger partial charge in [-0.15, -0.1) is 0 Å². The van der Waals surface area contributed by atoms with Crippen LogP contribution in [0.15, 0.2) is 22.7 Å². The molecule has 3 rings (SSSR count). The van der Waals surface area contributed by atoms with Gasteiger partial charge in [0.1, 0.15) is 11.9 Å². The molecule has 1 N–H and O–H groups in total. The van der Waals surface area contributed by atoms with E-state index in [-0.39, 0.29) is 6.10 Å². The van der Waals surface area contributed by atoms with Crippen molar-refractivity contribution in [1.29, 1.82) is 0 Å². The smallest absolute Gasteiger partial charge is 0.126 e. The lowest BCUT2D eigenvalue weighted by Gasteiger charge is -2.32. The molecule has 92 valence electrons. The van der Waals surface area contributed by atoms with Gasteiger partial charge in [-0.3, -0.25) is 0 Å². The Morgan fingerprint density at radius 2 is 2.24 bits per heavy atom. The Hall–Kier alpha value is -0.580. The maximum absolute atomic E-state index is 10.1. The van der Waals surface area contributed by atoms with Crippen molar-refractivity contribution in [2.24, 2.45) is 5.92 Å². The number of hydrogen-bond acceptors (Lipinski definition) is 3. The quantitative estimate of drug-likeness (QED) is 0.866. The number of aliphatic hydroxyl groups is 1. The number of fused-ring (bicyclic) bond motifs is 1. The number of aliphatic hydroxyl groups excluding tert-OH is 1. The van der Waals surface area contributed by atoms with E-state index in [0.29, 0.717) is 12.3 Å². The van der Waals surface area contributed by atoms with E-state index >= 15 is 0 Å². The molecule has 1 aromatic carbocycles. The summed E-state index contributed by atoms with van der Waals surface area (Å²) in [7, 11) is 0. The Bertz CT molecular complexity index is 415. The third-order valence-electron chi connectivity index (χ3n) is 3.56. The van der Waals surface area contributed by atoms with E-state index in [1.165, 1.54) is 0 Å². The molecule has 0 aliphatic carbocycles. The summed E-state index contributed by atoms with van der Waals surface area (Å²) in [4.78, 5) is 0. The highest BCUT2D eigenvalue weighted by Gasteiger charge is 2.34. The Morgan fingerprint density at radius 3 is 3.00 bits per heavy atom. The molecule has 3 unspecified atom stereocenters. The second kappa shape index (κ2) is 4.59. The molecule has 0 radical (unpaired) electrons. The third-order valence-corrected chi connectivity index (χ3v) is 4.05. The number of benzene rings is 1. The standard InChI is InChI=1S/C13H15BrO3/c14-9-1-2-10-11(15)6-12(17-13(10)5-9)8-3-4-16-7-8/h1-2,5,8,11-12,15H,3-4,6-7H2. The molecule has 0 amide bonds. The first kappa shape index (κ1) is 11.5. The van der Waals surface area contributed by atoms with Gasteiger partial charge in [-0.25, -0.2) is 0 Å². The minimum atomic E-state index is -0.419. The molecule has 2 aliphatic heterocycles. The third kappa shape index (κ3) is 2.21. The van der Waals surface area contributed by atoms with E-state index < -0.39 is 6.10 Å². The molecule has 2 heterocycles. The van der Waals surface area contributed by atoms with E-state index in [2.05, 4.69) is 15.9 Å². The average Bonchev–Trinajstić information content (AvgIpc) is 2.81. The second-order valence-corrected chi connectivity index (χ2v) is 5.63. The molecule has 1 saturated heterocycles. The van der Waals surface area contributed by atoms with E-state index in [0.717, 1.165) is 35.4 Å². The number of rotatable bonds is 1. The summed E-state index contributed by atoms with van der Waals surface area (Å²) < 4.78 is 12.4. The van der Waals surface area contributed by atoms with Gasteiger partial charge in [-0.2, -0.15) is 0 Å². The minimum absolute atomic E-state index is 0.0781. The second-order valence-electron chi connectivity index (χ2n) is 4.71. The number of hydrogen-bond donors (Lipinski definition) is 1. The highest BCUT2D eigenvalue weighted by Crippen LogP contribution is 2.39. The first-order chi connectivity index (χ1) is 8.24. The normalized spacial score (nSPS) is 32.0. The van der Waals surface area contributed by atoms with Crippen molar-refractivity contribution in [3.8, 4) is 5.75 Å². The number of ether oxygens (including phenoxy) is 2. The van der Waals surface area contributed by atoms with Crippen molar-refractivity contribution in [3.05, 3.63) is 28.2 Å². The fraction of sp³-hybridized carbons (Fsp3) is 0.538. The monoisotopic (exact) mass is 298 g/mol. The molecule has 3 nitrogen and oxygen atoms in total. The lowest BCUT2D eigenvalue weighted by molar-refractivity contribution is 0.0302. The predicted molar refractivity (Wildman–Crippen MR) is 67.1 cm³/mol. The van der Waals surface area contributed by atoms with Gasteiger partial charge in [0.05, 0.1) is 12.7 Å². The fourth-order valence-corrected chi connectivity index (χ4v) is 2.92. The Kier molecular flexibility index (Phi) is 3.11. The highest BCUT2D eigenvalue weighted by molar-refractivity contribution is 9.10. The van der Waals surface area contributed by atoms with Crippen LogP contribution in [0.5, 0.6) is 5.75 Å². The van der Waals surface area contributed by atoms with E-state index in [1.807, 2.05) is 18.2 Å². The lowest BCUT2D eigenvalue weighted by Crippen LogP contribution is -2.33. The van der Waals surface area contributed by atoms with Crippen LogP contribution in [0.2, 0.25) is 0 Å². The molecule has 17 heavy (non-hydrogen) atoms. The van der Waals surface area contributed by atoms with Crippen molar-refractivity contribution in [2.75, 3.05) is 13.2 Å².